The molecular formula is C15H17F2N3. The highest BCUT2D eigenvalue weighted by Crippen LogP contribution is 2.25. The van der Waals surface area contributed by atoms with Crippen LogP contribution in [-0.2, 0) is 13.1 Å². The van der Waals surface area contributed by atoms with E-state index in [1.807, 2.05) is 12.1 Å². The SMILES string of the molecule is CNCc1cc(F)c(N(C)Cc2ccccn2)c(F)c1. The maximum absolute atomic E-state index is 14.1. The Morgan fingerprint density at radius 3 is 2.45 bits per heavy atom. The Bertz CT molecular complexity index is 550. The van der Waals surface area contributed by atoms with Crippen LogP contribution in [0.3, 0.4) is 0 Å². The minimum Gasteiger partial charge on any atom is -0.364 e. The number of rotatable bonds is 5. The van der Waals surface area contributed by atoms with E-state index < -0.39 is 11.6 Å². The first-order valence-electron chi connectivity index (χ1n) is 6.35. The van der Waals surface area contributed by atoms with Crippen molar-refractivity contribution in [3.63, 3.8) is 0 Å². The maximum Gasteiger partial charge on any atom is 0.149 e. The smallest absolute Gasteiger partial charge is 0.149 e. The Kier molecular flexibility index (Phi) is 4.63. The van der Waals surface area contributed by atoms with Crippen LogP contribution in [0, 0.1) is 11.6 Å². The molecule has 2 aromatic rings. The topological polar surface area (TPSA) is 28.2 Å². The number of benzene rings is 1. The summed E-state index contributed by atoms with van der Waals surface area (Å²) in [5.41, 5.74) is 1.31. The van der Waals surface area contributed by atoms with Crippen LogP contribution < -0.4 is 10.2 Å². The van der Waals surface area contributed by atoms with Crippen LogP contribution in [0.2, 0.25) is 0 Å². The second-order valence-electron chi connectivity index (χ2n) is 4.62. The zero-order chi connectivity index (χ0) is 14.5. The Morgan fingerprint density at radius 1 is 1.20 bits per heavy atom. The predicted molar refractivity (Wildman–Crippen MR) is 75.5 cm³/mol. The molecule has 0 aliphatic carbocycles. The van der Waals surface area contributed by atoms with Crippen LogP contribution in [0.1, 0.15) is 11.3 Å². The molecule has 0 radical (unpaired) electrons. The van der Waals surface area contributed by atoms with Crippen LogP contribution in [0.4, 0.5) is 14.5 Å². The van der Waals surface area contributed by atoms with Crippen molar-refractivity contribution in [2.75, 3.05) is 19.0 Å². The fraction of sp³-hybridized carbons (Fsp3) is 0.267. The molecule has 0 amide bonds. The van der Waals surface area contributed by atoms with Crippen LogP contribution >= 0.6 is 0 Å². The summed E-state index contributed by atoms with van der Waals surface area (Å²) in [6, 6.07) is 8.17. The fourth-order valence-corrected chi connectivity index (χ4v) is 2.10. The number of pyridine rings is 1. The summed E-state index contributed by atoms with van der Waals surface area (Å²) in [6.45, 7) is 0.776. The van der Waals surface area contributed by atoms with E-state index in [0.29, 0.717) is 18.7 Å². The summed E-state index contributed by atoms with van der Waals surface area (Å²) in [4.78, 5) is 5.68. The summed E-state index contributed by atoms with van der Waals surface area (Å²) in [6.07, 6.45) is 1.66. The lowest BCUT2D eigenvalue weighted by Gasteiger charge is -2.20. The minimum atomic E-state index is -0.561. The first kappa shape index (κ1) is 14.4. The Morgan fingerprint density at radius 2 is 1.90 bits per heavy atom. The van der Waals surface area contributed by atoms with Gasteiger partial charge in [0, 0.05) is 19.8 Å². The normalized spacial score (nSPS) is 10.6. The molecule has 5 heteroatoms. The highest BCUT2D eigenvalue weighted by atomic mass is 19.1. The van der Waals surface area contributed by atoms with Crippen LogP contribution in [0.15, 0.2) is 36.5 Å². The Balaban J connectivity index is 2.23. The average molecular weight is 277 g/mol. The largest absolute Gasteiger partial charge is 0.364 e. The van der Waals surface area contributed by atoms with E-state index in [4.69, 9.17) is 0 Å². The molecule has 0 saturated heterocycles. The summed E-state index contributed by atoms with van der Waals surface area (Å²) in [5, 5.41) is 2.87. The lowest BCUT2D eigenvalue weighted by atomic mass is 10.1. The van der Waals surface area contributed by atoms with Gasteiger partial charge in [0.25, 0.3) is 0 Å². The summed E-state index contributed by atoms with van der Waals surface area (Å²) < 4.78 is 28.1. The monoisotopic (exact) mass is 277 g/mol. The van der Waals surface area contributed by atoms with Crippen molar-refractivity contribution in [2.45, 2.75) is 13.1 Å². The molecule has 0 bridgehead atoms. The summed E-state index contributed by atoms with van der Waals surface area (Å²) >= 11 is 0. The van der Waals surface area contributed by atoms with Gasteiger partial charge in [-0.3, -0.25) is 4.98 Å². The van der Waals surface area contributed by atoms with Crippen molar-refractivity contribution < 1.29 is 8.78 Å². The number of hydrogen-bond acceptors (Lipinski definition) is 3. The van der Waals surface area contributed by atoms with Gasteiger partial charge < -0.3 is 10.2 Å². The molecular weight excluding hydrogens is 260 g/mol. The molecule has 0 aliphatic rings. The molecule has 106 valence electrons. The molecule has 0 saturated carbocycles. The molecule has 0 unspecified atom stereocenters. The van der Waals surface area contributed by atoms with Gasteiger partial charge in [-0.1, -0.05) is 6.07 Å². The Hall–Kier alpha value is -2.01. The molecule has 1 aromatic carbocycles. The highest BCUT2D eigenvalue weighted by molar-refractivity contribution is 5.50. The highest BCUT2D eigenvalue weighted by Gasteiger charge is 2.15. The zero-order valence-corrected chi connectivity index (χ0v) is 11.5. The van der Waals surface area contributed by atoms with Crippen molar-refractivity contribution >= 4 is 5.69 Å². The third-order valence-electron chi connectivity index (χ3n) is 2.96. The lowest BCUT2D eigenvalue weighted by molar-refractivity contribution is 0.571. The van der Waals surface area contributed by atoms with E-state index in [-0.39, 0.29) is 5.69 Å². The van der Waals surface area contributed by atoms with Crippen molar-refractivity contribution in [1.82, 2.24) is 10.3 Å². The van der Waals surface area contributed by atoms with Crippen molar-refractivity contribution in [2.24, 2.45) is 0 Å². The van der Waals surface area contributed by atoms with Crippen molar-refractivity contribution in [3.8, 4) is 0 Å². The molecule has 0 fully saturated rings. The van der Waals surface area contributed by atoms with Gasteiger partial charge in [-0.15, -0.1) is 0 Å². The van der Waals surface area contributed by atoms with E-state index in [9.17, 15) is 8.78 Å². The number of nitrogens with one attached hydrogen (secondary N) is 1. The zero-order valence-electron chi connectivity index (χ0n) is 11.5. The van der Waals surface area contributed by atoms with Gasteiger partial charge >= 0.3 is 0 Å². The van der Waals surface area contributed by atoms with Gasteiger partial charge in [-0.2, -0.15) is 0 Å². The standard InChI is InChI=1S/C15H17F2N3/c1-18-9-11-7-13(16)15(14(17)8-11)20(2)10-12-5-3-4-6-19-12/h3-8,18H,9-10H2,1-2H3. The minimum absolute atomic E-state index is 0.0319. The van der Waals surface area contributed by atoms with Crippen molar-refractivity contribution in [1.29, 1.82) is 0 Å². The first-order valence-corrected chi connectivity index (χ1v) is 6.35. The van der Waals surface area contributed by atoms with E-state index >= 15 is 0 Å². The fourth-order valence-electron chi connectivity index (χ4n) is 2.10. The molecule has 1 aromatic heterocycles. The van der Waals surface area contributed by atoms with Crippen LogP contribution in [0.25, 0.3) is 0 Å². The molecule has 1 N–H and O–H groups in total. The third kappa shape index (κ3) is 3.30. The average Bonchev–Trinajstić information content (AvgIpc) is 2.39. The van der Waals surface area contributed by atoms with Crippen molar-refractivity contribution in [3.05, 3.63) is 59.4 Å². The lowest BCUT2D eigenvalue weighted by Crippen LogP contribution is -2.20. The predicted octanol–water partition coefficient (Wildman–Crippen LogP) is 2.72. The Labute approximate surface area is 117 Å². The number of hydrogen-bond donors (Lipinski definition) is 1. The maximum atomic E-state index is 14.1. The molecule has 2 rings (SSSR count). The quantitative estimate of drug-likeness (QED) is 0.911. The number of halogens is 2. The number of nitrogens with zero attached hydrogens (tertiary/aromatic N) is 2. The van der Waals surface area contributed by atoms with Gasteiger partial charge in [0.2, 0.25) is 0 Å². The van der Waals surface area contributed by atoms with Gasteiger partial charge in [-0.25, -0.2) is 8.78 Å². The van der Waals surface area contributed by atoms with E-state index in [1.165, 1.54) is 17.0 Å². The molecule has 0 atom stereocenters. The van der Waals surface area contributed by atoms with Gasteiger partial charge in [-0.05, 0) is 36.9 Å². The molecule has 1 heterocycles. The van der Waals surface area contributed by atoms with E-state index in [2.05, 4.69) is 10.3 Å². The number of anilines is 1. The summed E-state index contributed by atoms with van der Waals surface area (Å²) in [5.74, 6) is -1.12. The van der Waals surface area contributed by atoms with Crippen LogP contribution in [-0.4, -0.2) is 19.1 Å². The second-order valence-corrected chi connectivity index (χ2v) is 4.62. The van der Waals surface area contributed by atoms with Gasteiger partial charge in [0.15, 0.2) is 0 Å². The van der Waals surface area contributed by atoms with E-state index in [1.54, 1.807) is 26.4 Å². The first-order chi connectivity index (χ1) is 9.61. The molecule has 0 aliphatic heterocycles. The summed E-state index contributed by atoms with van der Waals surface area (Å²) in [7, 11) is 3.38. The molecule has 0 spiro atoms. The number of aromatic nitrogens is 1. The molecule has 20 heavy (non-hydrogen) atoms. The van der Waals surface area contributed by atoms with Gasteiger partial charge in [0.1, 0.15) is 17.3 Å². The molecule has 3 nitrogen and oxygen atoms in total. The van der Waals surface area contributed by atoms with E-state index in [0.717, 1.165) is 5.69 Å². The third-order valence-corrected chi connectivity index (χ3v) is 2.96. The van der Waals surface area contributed by atoms with Gasteiger partial charge in [0.05, 0.1) is 12.2 Å². The second kappa shape index (κ2) is 6.43. The van der Waals surface area contributed by atoms with Crippen LogP contribution in [0.5, 0.6) is 0 Å².